The highest BCUT2D eigenvalue weighted by atomic mass is 35.5. The number of hydrogen-bond acceptors (Lipinski definition) is 4. The predicted octanol–water partition coefficient (Wildman–Crippen LogP) is 6.46. The molecule has 4 aromatic rings. The molecule has 1 saturated carbocycles. The van der Waals surface area contributed by atoms with Crippen molar-refractivity contribution in [2.75, 3.05) is 6.61 Å². The number of carbonyl (C=O) groups is 1. The van der Waals surface area contributed by atoms with Gasteiger partial charge in [-0.05, 0) is 54.3 Å². The smallest absolute Gasteiger partial charge is 0.223 e. The SMILES string of the molecule is NCc1cccc(-c2cc(OCC3CCCC3C(=O)NCc3cccc(Cl)c3F)cc3ccoc23)c1. The maximum atomic E-state index is 14.2. The maximum absolute atomic E-state index is 14.2. The number of amides is 1. The van der Waals surface area contributed by atoms with Gasteiger partial charge in [0.15, 0.2) is 0 Å². The van der Waals surface area contributed by atoms with Crippen molar-refractivity contribution in [1.82, 2.24) is 5.32 Å². The highest BCUT2D eigenvalue weighted by Crippen LogP contribution is 2.36. The number of ether oxygens (including phenoxy) is 1. The predicted molar refractivity (Wildman–Crippen MR) is 139 cm³/mol. The third-order valence-electron chi connectivity index (χ3n) is 6.94. The summed E-state index contributed by atoms with van der Waals surface area (Å²) in [6.45, 7) is 0.993. The molecule has 0 radical (unpaired) electrons. The summed E-state index contributed by atoms with van der Waals surface area (Å²) in [6.07, 6.45) is 4.32. The van der Waals surface area contributed by atoms with Crippen molar-refractivity contribution < 1.29 is 18.3 Å². The average Bonchev–Trinajstić information content (AvgIpc) is 3.57. The molecule has 2 unspecified atom stereocenters. The summed E-state index contributed by atoms with van der Waals surface area (Å²) >= 11 is 5.86. The Balaban J connectivity index is 1.28. The molecule has 5 rings (SSSR count). The molecule has 1 aromatic heterocycles. The zero-order valence-electron chi connectivity index (χ0n) is 19.8. The lowest BCUT2D eigenvalue weighted by Crippen LogP contribution is -2.34. The molecule has 1 aliphatic carbocycles. The Morgan fingerprint density at radius 3 is 2.86 bits per heavy atom. The highest BCUT2D eigenvalue weighted by Gasteiger charge is 2.33. The van der Waals surface area contributed by atoms with Crippen LogP contribution in [0.2, 0.25) is 5.02 Å². The molecule has 0 bridgehead atoms. The molecule has 186 valence electrons. The Morgan fingerprint density at radius 2 is 2.00 bits per heavy atom. The van der Waals surface area contributed by atoms with Crippen LogP contribution in [0.4, 0.5) is 4.39 Å². The Bertz CT molecular complexity index is 1390. The number of rotatable bonds is 8. The summed E-state index contributed by atoms with van der Waals surface area (Å²) in [5.74, 6) is 0.0613. The molecule has 1 fully saturated rings. The van der Waals surface area contributed by atoms with Gasteiger partial charge in [-0.3, -0.25) is 4.79 Å². The second kappa shape index (κ2) is 10.7. The molecular formula is C29H28ClFN2O3. The van der Waals surface area contributed by atoms with Gasteiger partial charge in [0.25, 0.3) is 0 Å². The van der Waals surface area contributed by atoms with Crippen LogP contribution in [-0.2, 0) is 17.9 Å². The summed E-state index contributed by atoms with van der Waals surface area (Å²) in [4.78, 5) is 12.9. The standard InChI is InChI=1S/C29H28ClFN2O3/c30-26-9-3-6-21(27(26)31)16-33-29(34)24-8-2-7-22(24)17-36-23-13-20-10-11-35-28(20)25(14-23)19-5-1-4-18(12-19)15-32/h1,3-6,9-14,22,24H,2,7-8,15-17,32H2,(H,33,34). The minimum atomic E-state index is -0.492. The Kier molecular flexibility index (Phi) is 7.25. The minimum absolute atomic E-state index is 0.0533. The molecule has 1 amide bonds. The van der Waals surface area contributed by atoms with Gasteiger partial charge < -0.3 is 20.2 Å². The fourth-order valence-corrected chi connectivity index (χ4v) is 5.20. The van der Waals surface area contributed by atoms with E-state index in [0.29, 0.717) is 18.7 Å². The summed E-state index contributed by atoms with van der Waals surface area (Å²) in [7, 11) is 0. The van der Waals surface area contributed by atoms with Crippen LogP contribution in [-0.4, -0.2) is 12.5 Å². The molecular weight excluding hydrogens is 479 g/mol. The second-order valence-corrected chi connectivity index (χ2v) is 9.66. The van der Waals surface area contributed by atoms with Gasteiger partial charge in [0.2, 0.25) is 5.91 Å². The lowest BCUT2D eigenvalue weighted by Gasteiger charge is -2.20. The van der Waals surface area contributed by atoms with Crippen molar-refractivity contribution in [3.05, 3.63) is 88.9 Å². The van der Waals surface area contributed by atoms with Crippen molar-refractivity contribution in [2.24, 2.45) is 17.6 Å². The number of hydrogen-bond donors (Lipinski definition) is 2. The van der Waals surface area contributed by atoms with Gasteiger partial charge >= 0.3 is 0 Å². The fraction of sp³-hybridized carbons (Fsp3) is 0.276. The third-order valence-corrected chi connectivity index (χ3v) is 7.23. The normalized spacial score (nSPS) is 17.4. The summed E-state index contributed by atoms with van der Waals surface area (Å²) in [5.41, 5.74) is 9.99. The summed E-state index contributed by atoms with van der Waals surface area (Å²) < 4.78 is 26.2. The number of fused-ring (bicyclic) bond motifs is 1. The van der Waals surface area contributed by atoms with Crippen LogP contribution in [0, 0.1) is 17.7 Å². The van der Waals surface area contributed by atoms with Crippen molar-refractivity contribution in [3.63, 3.8) is 0 Å². The molecule has 1 aliphatic rings. The number of halogens is 2. The first-order valence-corrected chi connectivity index (χ1v) is 12.6. The number of carbonyl (C=O) groups excluding carboxylic acids is 1. The summed E-state index contributed by atoms with van der Waals surface area (Å²) in [6, 6.07) is 18.7. The Hall–Kier alpha value is -3.35. The van der Waals surface area contributed by atoms with Crippen molar-refractivity contribution in [1.29, 1.82) is 0 Å². The molecule has 0 spiro atoms. The van der Waals surface area contributed by atoms with Crippen LogP contribution in [0.1, 0.15) is 30.4 Å². The first kappa shape index (κ1) is 24.3. The van der Waals surface area contributed by atoms with Crippen LogP contribution in [0.5, 0.6) is 5.75 Å². The first-order chi connectivity index (χ1) is 17.5. The van der Waals surface area contributed by atoms with E-state index < -0.39 is 5.82 Å². The van der Waals surface area contributed by atoms with E-state index in [4.69, 9.17) is 26.5 Å². The van der Waals surface area contributed by atoms with E-state index in [2.05, 4.69) is 11.4 Å². The maximum Gasteiger partial charge on any atom is 0.223 e. The molecule has 7 heteroatoms. The van der Waals surface area contributed by atoms with Crippen LogP contribution < -0.4 is 15.8 Å². The molecule has 3 aromatic carbocycles. The minimum Gasteiger partial charge on any atom is -0.493 e. The van der Waals surface area contributed by atoms with Crippen molar-refractivity contribution in [3.8, 4) is 16.9 Å². The van der Waals surface area contributed by atoms with Gasteiger partial charge in [0, 0.05) is 41.4 Å². The number of nitrogens with one attached hydrogen (secondary N) is 1. The molecule has 36 heavy (non-hydrogen) atoms. The highest BCUT2D eigenvalue weighted by molar-refractivity contribution is 6.30. The average molecular weight is 507 g/mol. The van der Waals surface area contributed by atoms with Crippen molar-refractivity contribution in [2.45, 2.75) is 32.4 Å². The van der Waals surface area contributed by atoms with Gasteiger partial charge in [-0.2, -0.15) is 0 Å². The van der Waals surface area contributed by atoms with Gasteiger partial charge in [0.05, 0.1) is 17.9 Å². The van der Waals surface area contributed by atoms with Gasteiger partial charge in [0.1, 0.15) is 17.1 Å². The number of furan rings is 1. The van der Waals surface area contributed by atoms with Crippen LogP contribution >= 0.6 is 11.6 Å². The second-order valence-electron chi connectivity index (χ2n) is 9.25. The van der Waals surface area contributed by atoms with E-state index in [1.54, 1.807) is 18.4 Å². The van der Waals surface area contributed by atoms with E-state index in [1.165, 1.54) is 6.07 Å². The lowest BCUT2D eigenvalue weighted by atomic mass is 9.95. The van der Waals surface area contributed by atoms with Crippen LogP contribution in [0.3, 0.4) is 0 Å². The zero-order valence-corrected chi connectivity index (χ0v) is 20.6. The lowest BCUT2D eigenvalue weighted by molar-refractivity contribution is -0.126. The first-order valence-electron chi connectivity index (χ1n) is 12.2. The molecule has 3 N–H and O–H groups in total. The topological polar surface area (TPSA) is 77.5 Å². The Labute approximate surface area is 214 Å². The van der Waals surface area contributed by atoms with Crippen LogP contribution in [0.15, 0.2) is 71.3 Å². The van der Waals surface area contributed by atoms with Gasteiger partial charge in [-0.25, -0.2) is 4.39 Å². The fourth-order valence-electron chi connectivity index (χ4n) is 5.00. The number of nitrogens with two attached hydrogens (primary N) is 1. The molecule has 2 atom stereocenters. The third kappa shape index (κ3) is 5.11. The molecule has 5 nitrogen and oxygen atoms in total. The zero-order chi connectivity index (χ0) is 25.1. The van der Waals surface area contributed by atoms with E-state index in [9.17, 15) is 9.18 Å². The van der Waals surface area contributed by atoms with E-state index in [1.807, 2.05) is 36.4 Å². The van der Waals surface area contributed by atoms with Crippen LogP contribution in [0.25, 0.3) is 22.1 Å². The van der Waals surface area contributed by atoms with Crippen molar-refractivity contribution >= 4 is 28.5 Å². The van der Waals surface area contributed by atoms with E-state index in [0.717, 1.165) is 52.7 Å². The largest absolute Gasteiger partial charge is 0.493 e. The molecule has 1 heterocycles. The van der Waals surface area contributed by atoms with Gasteiger partial charge in [-0.15, -0.1) is 0 Å². The molecule has 0 aliphatic heterocycles. The van der Waals surface area contributed by atoms with E-state index >= 15 is 0 Å². The van der Waals surface area contributed by atoms with E-state index in [-0.39, 0.29) is 29.3 Å². The summed E-state index contributed by atoms with van der Waals surface area (Å²) in [5, 5.41) is 3.89. The number of benzene rings is 3. The quantitative estimate of drug-likeness (QED) is 0.287. The monoisotopic (exact) mass is 506 g/mol. The molecule has 0 saturated heterocycles. The Morgan fingerprint density at radius 1 is 1.14 bits per heavy atom. The van der Waals surface area contributed by atoms with Gasteiger partial charge in [-0.1, -0.05) is 48.4 Å².